The highest BCUT2D eigenvalue weighted by molar-refractivity contribution is 7.89. The number of amides is 1. The van der Waals surface area contributed by atoms with Crippen LogP contribution < -0.4 is 0 Å². The summed E-state index contributed by atoms with van der Waals surface area (Å²) in [6.45, 7) is 3.89. The Morgan fingerprint density at radius 2 is 1.79 bits per heavy atom. The van der Waals surface area contributed by atoms with Gasteiger partial charge in [-0.05, 0) is 37.3 Å². The SMILES string of the molecule is Cc1nc(S(=O)(=O)N2CCC(C(=O)N3CCc4ccccc4C3)CC2)cn1C. The molecule has 2 aromatic rings. The van der Waals surface area contributed by atoms with E-state index in [0.29, 0.717) is 38.3 Å². The fourth-order valence-corrected chi connectivity index (χ4v) is 5.56. The Balaban J connectivity index is 1.39. The molecule has 0 atom stereocenters. The largest absolute Gasteiger partial charge is 0.338 e. The van der Waals surface area contributed by atoms with Crippen LogP contribution in [0.5, 0.6) is 0 Å². The lowest BCUT2D eigenvalue weighted by molar-refractivity contribution is -0.137. The summed E-state index contributed by atoms with van der Waals surface area (Å²) >= 11 is 0. The van der Waals surface area contributed by atoms with Crippen LogP contribution in [0.15, 0.2) is 35.5 Å². The summed E-state index contributed by atoms with van der Waals surface area (Å²) in [4.78, 5) is 19.1. The van der Waals surface area contributed by atoms with Gasteiger partial charge in [0, 0.05) is 45.3 Å². The van der Waals surface area contributed by atoms with Gasteiger partial charge < -0.3 is 9.47 Å². The van der Waals surface area contributed by atoms with Gasteiger partial charge in [-0.2, -0.15) is 4.31 Å². The first kappa shape index (κ1) is 19.1. The maximum Gasteiger partial charge on any atom is 0.262 e. The van der Waals surface area contributed by atoms with E-state index >= 15 is 0 Å². The number of hydrogen-bond donors (Lipinski definition) is 0. The number of nitrogens with zero attached hydrogens (tertiary/aromatic N) is 4. The lowest BCUT2D eigenvalue weighted by Crippen LogP contribution is -2.45. The van der Waals surface area contributed by atoms with Gasteiger partial charge in [0.15, 0.2) is 5.03 Å². The Kier molecular flexibility index (Phi) is 5.01. The number of aryl methyl sites for hydroxylation is 2. The monoisotopic (exact) mass is 402 g/mol. The van der Waals surface area contributed by atoms with Crippen molar-refractivity contribution in [3.63, 3.8) is 0 Å². The summed E-state index contributed by atoms with van der Waals surface area (Å²) in [5.74, 6) is 0.705. The first-order valence-corrected chi connectivity index (χ1v) is 11.2. The molecule has 4 rings (SSSR count). The molecule has 1 fully saturated rings. The van der Waals surface area contributed by atoms with Crippen molar-refractivity contribution < 1.29 is 13.2 Å². The Labute approximate surface area is 166 Å². The number of aromatic nitrogens is 2. The van der Waals surface area contributed by atoms with Crippen LogP contribution in [-0.4, -0.2) is 52.7 Å². The number of imidazole rings is 1. The lowest BCUT2D eigenvalue weighted by Gasteiger charge is -2.35. The number of sulfonamides is 1. The zero-order valence-corrected chi connectivity index (χ0v) is 17.2. The Hall–Kier alpha value is -2.19. The normalized spacial score (nSPS) is 18.9. The number of benzene rings is 1. The number of carbonyl (C=O) groups excluding carboxylic acids is 1. The van der Waals surface area contributed by atoms with Crippen molar-refractivity contribution in [2.45, 2.75) is 37.8 Å². The third kappa shape index (κ3) is 3.46. The predicted octanol–water partition coefficient (Wildman–Crippen LogP) is 1.71. The van der Waals surface area contributed by atoms with Crippen LogP contribution in [0.1, 0.15) is 29.8 Å². The Bertz CT molecular complexity index is 971. The molecule has 2 aliphatic rings. The summed E-state index contributed by atoms with van der Waals surface area (Å²) in [5, 5.41) is 0.0879. The second-order valence-electron chi connectivity index (χ2n) is 7.69. The van der Waals surface area contributed by atoms with E-state index < -0.39 is 10.0 Å². The van der Waals surface area contributed by atoms with Gasteiger partial charge in [-0.1, -0.05) is 24.3 Å². The van der Waals surface area contributed by atoms with E-state index in [1.54, 1.807) is 24.7 Å². The average Bonchev–Trinajstić information content (AvgIpc) is 3.06. The first-order chi connectivity index (χ1) is 13.4. The topological polar surface area (TPSA) is 75.5 Å². The number of rotatable bonds is 3. The van der Waals surface area contributed by atoms with E-state index in [2.05, 4.69) is 17.1 Å². The number of carbonyl (C=O) groups is 1. The molecule has 0 aliphatic carbocycles. The Morgan fingerprint density at radius 3 is 2.43 bits per heavy atom. The minimum Gasteiger partial charge on any atom is -0.338 e. The molecule has 7 nitrogen and oxygen atoms in total. The van der Waals surface area contributed by atoms with Crippen molar-refractivity contribution in [3.05, 3.63) is 47.4 Å². The van der Waals surface area contributed by atoms with Crippen molar-refractivity contribution in [1.29, 1.82) is 0 Å². The molecule has 1 saturated heterocycles. The van der Waals surface area contributed by atoms with Gasteiger partial charge in [0.2, 0.25) is 5.91 Å². The molecule has 0 saturated carbocycles. The van der Waals surface area contributed by atoms with E-state index in [0.717, 1.165) is 13.0 Å². The molecule has 3 heterocycles. The lowest BCUT2D eigenvalue weighted by atomic mass is 9.94. The van der Waals surface area contributed by atoms with Crippen LogP contribution >= 0.6 is 0 Å². The Morgan fingerprint density at radius 1 is 1.11 bits per heavy atom. The van der Waals surface area contributed by atoms with E-state index in [9.17, 15) is 13.2 Å². The van der Waals surface area contributed by atoms with Crippen LogP contribution in [-0.2, 0) is 34.8 Å². The maximum absolute atomic E-state index is 13.0. The zero-order chi connectivity index (χ0) is 19.9. The summed E-state index contributed by atoms with van der Waals surface area (Å²) < 4.78 is 28.8. The molecule has 0 unspecified atom stereocenters. The van der Waals surface area contributed by atoms with Gasteiger partial charge >= 0.3 is 0 Å². The molecule has 28 heavy (non-hydrogen) atoms. The summed E-state index contributed by atoms with van der Waals surface area (Å²) in [6, 6.07) is 8.25. The molecule has 1 amide bonds. The van der Waals surface area contributed by atoms with Gasteiger partial charge in [0.25, 0.3) is 10.0 Å². The standard InChI is InChI=1S/C20H26N4O3S/c1-15-21-19(14-22(15)2)28(26,27)24-11-8-17(9-12-24)20(25)23-10-7-16-5-3-4-6-18(16)13-23/h3-6,14,17H,7-13H2,1-2H3. The van der Waals surface area contributed by atoms with Gasteiger partial charge in [-0.15, -0.1) is 0 Å². The van der Waals surface area contributed by atoms with E-state index in [4.69, 9.17) is 0 Å². The highest BCUT2D eigenvalue weighted by atomic mass is 32.2. The molecule has 8 heteroatoms. The fourth-order valence-electron chi connectivity index (χ4n) is 4.07. The summed E-state index contributed by atoms with van der Waals surface area (Å²) in [5.41, 5.74) is 2.53. The molecule has 1 aromatic heterocycles. The molecule has 150 valence electrons. The van der Waals surface area contributed by atoms with Crippen molar-refractivity contribution in [1.82, 2.24) is 18.8 Å². The molecule has 0 bridgehead atoms. The third-order valence-corrected chi connectivity index (χ3v) is 7.71. The van der Waals surface area contributed by atoms with E-state index in [1.807, 2.05) is 17.0 Å². The number of fused-ring (bicyclic) bond motifs is 1. The number of piperidine rings is 1. The first-order valence-electron chi connectivity index (χ1n) is 9.72. The van der Waals surface area contributed by atoms with Crippen LogP contribution in [0.3, 0.4) is 0 Å². The molecule has 0 radical (unpaired) electrons. The second kappa shape index (κ2) is 7.33. The van der Waals surface area contributed by atoms with Crippen LogP contribution in [0, 0.1) is 12.8 Å². The molecule has 2 aliphatic heterocycles. The quantitative estimate of drug-likeness (QED) is 0.783. The minimum absolute atomic E-state index is 0.0879. The van der Waals surface area contributed by atoms with Crippen molar-refractivity contribution in [2.24, 2.45) is 13.0 Å². The van der Waals surface area contributed by atoms with E-state index in [1.165, 1.54) is 15.4 Å². The molecular weight excluding hydrogens is 376 g/mol. The highest BCUT2D eigenvalue weighted by Gasteiger charge is 2.35. The predicted molar refractivity (Wildman–Crippen MR) is 105 cm³/mol. The van der Waals surface area contributed by atoms with Gasteiger partial charge in [0.05, 0.1) is 0 Å². The van der Waals surface area contributed by atoms with Gasteiger partial charge in [-0.25, -0.2) is 13.4 Å². The zero-order valence-electron chi connectivity index (χ0n) is 16.3. The molecule has 0 spiro atoms. The smallest absolute Gasteiger partial charge is 0.262 e. The maximum atomic E-state index is 13.0. The minimum atomic E-state index is -3.60. The van der Waals surface area contributed by atoms with Crippen molar-refractivity contribution in [3.8, 4) is 0 Å². The van der Waals surface area contributed by atoms with Gasteiger partial charge in [0.1, 0.15) is 5.82 Å². The van der Waals surface area contributed by atoms with Crippen molar-refractivity contribution in [2.75, 3.05) is 19.6 Å². The molecule has 0 N–H and O–H groups in total. The van der Waals surface area contributed by atoms with Crippen molar-refractivity contribution >= 4 is 15.9 Å². The van der Waals surface area contributed by atoms with Gasteiger partial charge in [-0.3, -0.25) is 4.79 Å². The fraction of sp³-hybridized carbons (Fsp3) is 0.500. The summed E-state index contributed by atoms with van der Waals surface area (Å²) in [6.07, 6.45) is 3.55. The van der Waals surface area contributed by atoms with Crippen LogP contribution in [0.4, 0.5) is 0 Å². The van der Waals surface area contributed by atoms with Crippen LogP contribution in [0.2, 0.25) is 0 Å². The summed E-state index contributed by atoms with van der Waals surface area (Å²) in [7, 11) is -1.82. The van der Waals surface area contributed by atoms with Crippen LogP contribution in [0.25, 0.3) is 0 Å². The van der Waals surface area contributed by atoms with E-state index in [-0.39, 0.29) is 16.9 Å². The molecule has 1 aromatic carbocycles. The second-order valence-corrected chi connectivity index (χ2v) is 9.58. The number of hydrogen-bond acceptors (Lipinski definition) is 4. The molecular formula is C20H26N4O3S. The highest BCUT2D eigenvalue weighted by Crippen LogP contribution is 2.27. The third-order valence-electron chi connectivity index (χ3n) is 5.94. The average molecular weight is 403 g/mol.